The molecule has 0 radical (unpaired) electrons. The molecule has 5 nitrogen and oxygen atoms in total. The normalized spacial score (nSPS) is 13.0. The van der Waals surface area contributed by atoms with Gasteiger partial charge in [0.25, 0.3) is 0 Å². The molecule has 1 atom stereocenters. The van der Waals surface area contributed by atoms with Gasteiger partial charge in [-0.05, 0) is 31.8 Å². The smallest absolute Gasteiger partial charge is 0.238 e. The van der Waals surface area contributed by atoms with Crippen LogP contribution in [0.5, 0.6) is 0 Å². The Morgan fingerprint density at radius 2 is 2.17 bits per heavy atom. The van der Waals surface area contributed by atoms with E-state index in [1.807, 2.05) is 6.26 Å². The van der Waals surface area contributed by atoms with Gasteiger partial charge in [0.2, 0.25) is 15.9 Å². The van der Waals surface area contributed by atoms with E-state index in [4.69, 9.17) is 0 Å². The van der Waals surface area contributed by atoms with Gasteiger partial charge in [0, 0.05) is 6.54 Å². The summed E-state index contributed by atoms with van der Waals surface area (Å²) in [6.07, 6.45) is 4.77. The highest BCUT2D eigenvalue weighted by Gasteiger charge is 2.22. The zero-order valence-corrected chi connectivity index (χ0v) is 12.6. The van der Waals surface area contributed by atoms with Crippen LogP contribution >= 0.6 is 11.8 Å². The lowest BCUT2D eigenvalue weighted by molar-refractivity contribution is -0.122. The van der Waals surface area contributed by atoms with E-state index in [0.29, 0.717) is 19.4 Å². The van der Waals surface area contributed by atoms with Crippen molar-refractivity contribution in [3.8, 4) is 0 Å². The minimum Gasteiger partial charge on any atom is -0.354 e. The molecule has 106 valence electrons. The topological polar surface area (TPSA) is 75.3 Å². The van der Waals surface area contributed by atoms with E-state index in [-0.39, 0.29) is 11.7 Å². The molecular weight excluding hydrogens is 272 g/mol. The minimum atomic E-state index is -3.36. The molecule has 0 bridgehead atoms. The standard InChI is InChI=1S/C11H22N2O3S2/c1-4-6-8-12-11(14)10(7-9-17-3)13-18(15,16)5-2/h4,10,13H,1,5-9H2,2-3H3,(H,12,14). The third-order valence-corrected chi connectivity index (χ3v) is 4.32. The Hall–Kier alpha value is -0.530. The molecule has 7 heteroatoms. The fraction of sp³-hybridized carbons (Fsp3) is 0.727. The number of carbonyl (C=O) groups excluding carboxylic acids is 1. The second-order valence-electron chi connectivity index (χ2n) is 3.72. The number of hydrogen-bond acceptors (Lipinski definition) is 4. The first-order valence-electron chi connectivity index (χ1n) is 5.84. The molecule has 1 unspecified atom stereocenters. The summed E-state index contributed by atoms with van der Waals surface area (Å²) >= 11 is 1.58. The van der Waals surface area contributed by atoms with Gasteiger partial charge in [-0.15, -0.1) is 6.58 Å². The highest BCUT2D eigenvalue weighted by atomic mass is 32.2. The molecule has 0 aromatic rings. The molecule has 0 rings (SSSR count). The number of nitrogens with one attached hydrogen (secondary N) is 2. The van der Waals surface area contributed by atoms with Crippen molar-refractivity contribution in [3.05, 3.63) is 12.7 Å². The third-order valence-electron chi connectivity index (χ3n) is 2.28. The molecule has 0 saturated carbocycles. The number of amides is 1. The molecule has 0 aliphatic rings. The fourth-order valence-corrected chi connectivity index (χ4v) is 2.50. The molecular formula is C11H22N2O3S2. The van der Waals surface area contributed by atoms with Gasteiger partial charge in [-0.1, -0.05) is 6.08 Å². The van der Waals surface area contributed by atoms with Crippen molar-refractivity contribution in [2.24, 2.45) is 0 Å². The maximum Gasteiger partial charge on any atom is 0.238 e. The van der Waals surface area contributed by atoms with Crippen LogP contribution in [0.3, 0.4) is 0 Å². The maximum absolute atomic E-state index is 11.8. The van der Waals surface area contributed by atoms with Gasteiger partial charge in [0.05, 0.1) is 5.75 Å². The molecule has 1 amide bonds. The Kier molecular flexibility index (Phi) is 9.13. The van der Waals surface area contributed by atoms with Crippen LogP contribution < -0.4 is 10.0 Å². The van der Waals surface area contributed by atoms with Crippen LogP contribution in [0.2, 0.25) is 0 Å². The monoisotopic (exact) mass is 294 g/mol. The van der Waals surface area contributed by atoms with Crippen molar-refractivity contribution in [2.45, 2.75) is 25.8 Å². The second-order valence-corrected chi connectivity index (χ2v) is 6.75. The van der Waals surface area contributed by atoms with Crippen LogP contribution in [-0.2, 0) is 14.8 Å². The van der Waals surface area contributed by atoms with Gasteiger partial charge in [-0.25, -0.2) is 13.1 Å². The molecule has 0 saturated heterocycles. The Labute approximate surface area is 114 Å². The first kappa shape index (κ1) is 17.5. The van der Waals surface area contributed by atoms with Crippen LogP contribution in [0.15, 0.2) is 12.7 Å². The highest BCUT2D eigenvalue weighted by molar-refractivity contribution is 7.98. The zero-order chi connectivity index (χ0) is 14.0. The Morgan fingerprint density at radius 1 is 1.50 bits per heavy atom. The fourth-order valence-electron chi connectivity index (χ4n) is 1.20. The highest BCUT2D eigenvalue weighted by Crippen LogP contribution is 2.03. The first-order valence-corrected chi connectivity index (χ1v) is 8.89. The van der Waals surface area contributed by atoms with E-state index in [1.165, 1.54) is 0 Å². The molecule has 0 aliphatic heterocycles. The van der Waals surface area contributed by atoms with Gasteiger partial charge < -0.3 is 5.32 Å². The van der Waals surface area contributed by atoms with Crippen molar-refractivity contribution in [2.75, 3.05) is 24.3 Å². The summed E-state index contributed by atoms with van der Waals surface area (Å²) in [5.41, 5.74) is 0. The second kappa shape index (κ2) is 9.41. The summed E-state index contributed by atoms with van der Waals surface area (Å²) in [6.45, 7) is 5.58. The van der Waals surface area contributed by atoms with Gasteiger partial charge in [-0.2, -0.15) is 11.8 Å². The summed E-state index contributed by atoms with van der Waals surface area (Å²) in [5, 5.41) is 2.69. The summed E-state index contributed by atoms with van der Waals surface area (Å²) in [4.78, 5) is 11.8. The van der Waals surface area contributed by atoms with Crippen LogP contribution in [0.4, 0.5) is 0 Å². The number of thioether (sulfide) groups is 1. The van der Waals surface area contributed by atoms with Gasteiger partial charge in [-0.3, -0.25) is 4.79 Å². The number of hydrogen-bond donors (Lipinski definition) is 2. The number of rotatable bonds is 10. The number of sulfonamides is 1. The van der Waals surface area contributed by atoms with Crippen LogP contribution in [0.1, 0.15) is 19.8 Å². The Bertz CT molecular complexity index is 355. The average molecular weight is 294 g/mol. The maximum atomic E-state index is 11.8. The lowest BCUT2D eigenvalue weighted by Gasteiger charge is -2.17. The predicted molar refractivity (Wildman–Crippen MR) is 77.2 cm³/mol. The summed E-state index contributed by atoms with van der Waals surface area (Å²) in [5.74, 6) is 0.428. The van der Waals surface area contributed by atoms with E-state index < -0.39 is 16.1 Å². The van der Waals surface area contributed by atoms with Crippen LogP contribution in [-0.4, -0.2) is 44.7 Å². The van der Waals surface area contributed by atoms with Crippen LogP contribution in [0.25, 0.3) is 0 Å². The quantitative estimate of drug-likeness (QED) is 0.460. The lowest BCUT2D eigenvalue weighted by atomic mass is 10.2. The molecule has 0 heterocycles. The third kappa shape index (κ3) is 7.73. The largest absolute Gasteiger partial charge is 0.354 e. The van der Waals surface area contributed by atoms with E-state index in [9.17, 15) is 13.2 Å². The zero-order valence-electron chi connectivity index (χ0n) is 10.9. The van der Waals surface area contributed by atoms with Crippen LogP contribution in [0, 0.1) is 0 Å². The van der Waals surface area contributed by atoms with Crippen molar-refractivity contribution >= 4 is 27.7 Å². The Morgan fingerprint density at radius 3 is 2.67 bits per heavy atom. The van der Waals surface area contributed by atoms with Gasteiger partial charge in [0.1, 0.15) is 6.04 Å². The van der Waals surface area contributed by atoms with E-state index in [0.717, 1.165) is 5.75 Å². The molecule has 0 fully saturated rings. The summed E-state index contributed by atoms with van der Waals surface area (Å²) in [7, 11) is -3.36. The molecule has 0 aliphatic carbocycles. The molecule has 0 aromatic carbocycles. The SMILES string of the molecule is C=CCCNC(=O)C(CCSC)NS(=O)(=O)CC. The van der Waals surface area contributed by atoms with E-state index in [2.05, 4.69) is 16.6 Å². The van der Waals surface area contributed by atoms with Crippen molar-refractivity contribution < 1.29 is 13.2 Å². The Balaban J connectivity index is 4.46. The van der Waals surface area contributed by atoms with E-state index in [1.54, 1.807) is 24.8 Å². The molecule has 18 heavy (non-hydrogen) atoms. The first-order chi connectivity index (χ1) is 8.46. The van der Waals surface area contributed by atoms with Crippen molar-refractivity contribution in [3.63, 3.8) is 0 Å². The summed E-state index contributed by atoms with van der Waals surface area (Å²) in [6, 6.07) is -0.688. The molecule has 0 aromatic heterocycles. The number of carbonyl (C=O) groups is 1. The van der Waals surface area contributed by atoms with Crippen molar-refractivity contribution in [1.29, 1.82) is 0 Å². The minimum absolute atomic E-state index is 0.0251. The van der Waals surface area contributed by atoms with Crippen molar-refractivity contribution in [1.82, 2.24) is 10.0 Å². The lowest BCUT2D eigenvalue weighted by Crippen LogP contribution is -2.47. The predicted octanol–water partition coefficient (Wildman–Crippen LogP) is 0.740. The van der Waals surface area contributed by atoms with Gasteiger partial charge >= 0.3 is 0 Å². The van der Waals surface area contributed by atoms with Gasteiger partial charge in [0.15, 0.2) is 0 Å². The summed E-state index contributed by atoms with van der Waals surface area (Å²) < 4.78 is 25.4. The average Bonchev–Trinajstić information content (AvgIpc) is 2.34. The molecule has 0 spiro atoms. The molecule has 2 N–H and O–H groups in total. The van der Waals surface area contributed by atoms with E-state index >= 15 is 0 Å².